The number of aromatic nitrogens is 2. The second-order valence-electron chi connectivity index (χ2n) is 8.81. The number of rotatable bonds is 6. The van der Waals surface area contributed by atoms with Gasteiger partial charge in [0.15, 0.2) is 6.29 Å². The molecule has 0 amide bonds. The van der Waals surface area contributed by atoms with Crippen LogP contribution in [-0.4, -0.2) is 59.0 Å². The first-order valence-electron chi connectivity index (χ1n) is 12.8. The lowest BCUT2D eigenvalue weighted by atomic mass is 10.0. The standard InChI is InChI=1S/C25H31N5O3.C2H6/c1-2-23(31)33-18-6-8-22(27-15-18)30-12-10-29(11-13-30)16-17-5-7-19-21(14-17)28-25(32)20-4-3-9-26-24(19)20;1-2/h5-8,14-15,23,26,31H,2-4,9-13,16H2,1H3,(H,28,32);1-2H3. The SMILES string of the molecule is CC.CCC(O)Oc1ccc(N2CCN(Cc3ccc4c5c(c(=O)[nH]c4c3)CCCN5)CC2)nc1. The number of piperazine rings is 1. The smallest absolute Gasteiger partial charge is 0.253 e. The maximum Gasteiger partial charge on any atom is 0.253 e. The molecule has 0 aliphatic carbocycles. The largest absolute Gasteiger partial charge is 0.464 e. The van der Waals surface area contributed by atoms with E-state index in [4.69, 9.17) is 4.74 Å². The number of H-pyrrole nitrogens is 1. The molecule has 3 aromatic rings. The van der Waals surface area contributed by atoms with E-state index in [0.29, 0.717) is 12.2 Å². The van der Waals surface area contributed by atoms with Gasteiger partial charge in [-0.05, 0) is 36.6 Å². The first-order valence-corrected chi connectivity index (χ1v) is 12.8. The Kier molecular flexibility index (Phi) is 8.25. The van der Waals surface area contributed by atoms with Crippen molar-refractivity contribution in [1.29, 1.82) is 0 Å². The van der Waals surface area contributed by atoms with Crippen molar-refractivity contribution in [2.24, 2.45) is 0 Å². The van der Waals surface area contributed by atoms with Gasteiger partial charge >= 0.3 is 0 Å². The number of aliphatic hydroxyl groups excluding tert-OH is 1. The van der Waals surface area contributed by atoms with Gasteiger partial charge in [-0.25, -0.2) is 4.98 Å². The molecule has 5 rings (SSSR count). The summed E-state index contributed by atoms with van der Waals surface area (Å²) in [6.07, 6.45) is 3.25. The molecule has 0 bridgehead atoms. The number of aliphatic hydroxyl groups is 1. The number of anilines is 2. The van der Waals surface area contributed by atoms with Gasteiger partial charge in [0.05, 0.1) is 17.4 Å². The number of benzene rings is 1. The molecular weight excluding hydrogens is 442 g/mol. The summed E-state index contributed by atoms with van der Waals surface area (Å²) >= 11 is 0. The zero-order valence-electron chi connectivity index (χ0n) is 21.0. The average molecular weight is 480 g/mol. The summed E-state index contributed by atoms with van der Waals surface area (Å²) in [7, 11) is 0. The lowest BCUT2D eigenvalue weighted by molar-refractivity contribution is -0.0193. The number of fused-ring (bicyclic) bond motifs is 3. The number of aromatic amines is 1. The van der Waals surface area contributed by atoms with Crippen LogP contribution in [0.25, 0.3) is 10.9 Å². The number of ether oxygens (including phenoxy) is 1. The number of hydrogen-bond donors (Lipinski definition) is 3. The molecule has 1 unspecified atom stereocenters. The van der Waals surface area contributed by atoms with Crippen LogP contribution in [0.15, 0.2) is 41.3 Å². The number of nitrogens with one attached hydrogen (secondary N) is 2. The van der Waals surface area contributed by atoms with E-state index in [-0.39, 0.29) is 5.56 Å². The maximum absolute atomic E-state index is 12.5. The highest BCUT2D eigenvalue weighted by Gasteiger charge is 2.20. The molecule has 1 saturated heterocycles. The summed E-state index contributed by atoms with van der Waals surface area (Å²) < 4.78 is 5.40. The van der Waals surface area contributed by atoms with Gasteiger partial charge in [-0.1, -0.05) is 32.9 Å². The highest BCUT2D eigenvalue weighted by atomic mass is 16.6. The molecule has 188 valence electrons. The summed E-state index contributed by atoms with van der Waals surface area (Å²) in [6.45, 7) is 11.3. The fourth-order valence-electron chi connectivity index (χ4n) is 4.67. The summed E-state index contributed by atoms with van der Waals surface area (Å²) in [5, 5.41) is 14.1. The fraction of sp³-hybridized carbons (Fsp3) is 0.481. The maximum atomic E-state index is 12.5. The molecule has 8 nitrogen and oxygen atoms in total. The predicted octanol–water partition coefficient (Wildman–Crippen LogP) is 3.74. The van der Waals surface area contributed by atoms with E-state index in [1.807, 2.05) is 32.9 Å². The fourth-order valence-corrected chi connectivity index (χ4v) is 4.67. The monoisotopic (exact) mass is 479 g/mol. The van der Waals surface area contributed by atoms with Crippen LogP contribution in [0, 0.1) is 0 Å². The molecule has 1 aromatic carbocycles. The summed E-state index contributed by atoms with van der Waals surface area (Å²) in [4.78, 5) is 24.8. The molecule has 2 aliphatic rings. The van der Waals surface area contributed by atoms with Crippen LogP contribution in [0.1, 0.15) is 44.7 Å². The number of hydrogen-bond acceptors (Lipinski definition) is 7. The van der Waals surface area contributed by atoms with Gasteiger partial charge < -0.3 is 25.0 Å². The minimum Gasteiger partial charge on any atom is -0.464 e. The third-order valence-corrected chi connectivity index (χ3v) is 6.53. The Hall–Kier alpha value is -3.10. The Morgan fingerprint density at radius 3 is 2.66 bits per heavy atom. The van der Waals surface area contributed by atoms with Crippen LogP contribution in [-0.2, 0) is 13.0 Å². The Labute approximate surface area is 206 Å². The molecule has 2 aliphatic heterocycles. The van der Waals surface area contributed by atoms with Crippen molar-refractivity contribution in [3.05, 3.63) is 58.0 Å². The van der Waals surface area contributed by atoms with E-state index in [0.717, 1.165) is 80.1 Å². The second-order valence-corrected chi connectivity index (χ2v) is 8.81. The third kappa shape index (κ3) is 5.77. The molecule has 35 heavy (non-hydrogen) atoms. The van der Waals surface area contributed by atoms with Crippen LogP contribution in [0.5, 0.6) is 5.75 Å². The van der Waals surface area contributed by atoms with Crippen LogP contribution in [0.4, 0.5) is 11.5 Å². The van der Waals surface area contributed by atoms with Crippen molar-refractivity contribution in [2.45, 2.75) is 52.9 Å². The molecule has 1 fully saturated rings. The van der Waals surface area contributed by atoms with Gasteiger partial charge in [-0.15, -0.1) is 0 Å². The molecule has 4 heterocycles. The van der Waals surface area contributed by atoms with Crippen molar-refractivity contribution in [3.63, 3.8) is 0 Å². The topological polar surface area (TPSA) is 93.7 Å². The highest BCUT2D eigenvalue weighted by Crippen LogP contribution is 2.28. The van der Waals surface area contributed by atoms with Gasteiger partial charge in [0, 0.05) is 56.6 Å². The quantitative estimate of drug-likeness (QED) is 0.464. The molecular formula is C27H37N5O3. The van der Waals surface area contributed by atoms with Crippen molar-refractivity contribution in [2.75, 3.05) is 42.9 Å². The summed E-state index contributed by atoms with van der Waals surface area (Å²) in [5.74, 6) is 1.51. The van der Waals surface area contributed by atoms with E-state index < -0.39 is 6.29 Å². The zero-order valence-corrected chi connectivity index (χ0v) is 21.0. The molecule has 0 saturated carbocycles. The van der Waals surface area contributed by atoms with Crippen LogP contribution in [0.3, 0.4) is 0 Å². The van der Waals surface area contributed by atoms with Crippen molar-refractivity contribution < 1.29 is 9.84 Å². The van der Waals surface area contributed by atoms with Crippen LogP contribution in [0.2, 0.25) is 0 Å². The molecule has 8 heteroatoms. The van der Waals surface area contributed by atoms with E-state index in [1.54, 1.807) is 6.20 Å². The van der Waals surface area contributed by atoms with Crippen molar-refractivity contribution in [3.8, 4) is 5.75 Å². The molecule has 1 atom stereocenters. The zero-order chi connectivity index (χ0) is 24.8. The van der Waals surface area contributed by atoms with Gasteiger partial charge in [0.1, 0.15) is 11.6 Å². The van der Waals surface area contributed by atoms with E-state index in [2.05, 4.69) is 43.3 Å². The lowest BCUT2D eigenvalue weighted by Crippen LogP contribution is -2.46. The van der Waals surface area contributed by atoms with Crippen LogP contribution < -0.4 is 20.5 Å². The first-order chi connectivity index (χ1) is 17.1. The predicted molar refractivity (Wildman–Crippen MR) is 141 cm³/mol. The average Bonchev–Trinajstić information content (AvgIpc) is 2.91. The molecule has 0 spiro atoms. The molecule has 2 aromatic heterocycles. The Morgan fingerprint density at radius 2 is 1.94 bits per heavy atom. The van der Waals surface area contributed by atoms with Crippen molar-refractivity contribution >= 4 is 22.4 Å². The Balaban J connectivity index is 0.00000141. The third-order valence-electron chi connectivity index (χ3n) is 6.53. The van der Waals surface area contributed by atoms with Gasteiger partial charge in [-0.3, -0.25) is 9.69 Å². The Bertz CT molecular complexity index is 1170. The van der Waals surface area contributed by atoms with E-state index >= 15 is 0 Å². The minimum atomic E-state index is -0.796. The van der Waals surface area contributed by atoms with Gasteiger partial charge in [0.2, 0.25) is 0 Å². The van der Waals surface area contributed by atoms with Crippen LogP contribution >= 0.6 is 0 Å². The minimum absolute atomic E-state index is 0.0311. The molecule has 0 radical (unpaired) electrons. The number of nitrogens with zero attached hydrogens (tertiary/aromatic N) is 3. The van der Waals surface area contributed by atoms with E-state index in [1.165, 1.54) is 5.56 Å². The van der Waals surface area contributed by atoms with Gasteiger partial charge in [-0.2, -0.15) is 0 Å². The summed E-state index contributed by atoms with van der Waals surface area (Å²) in [5.41, 5.74) is 4.03. The highest BCUT2D eigenvalue weighted by molar-refractivity contribution is 5.93. The van der Waals surface area contributed by atoms with Gasteiger partial charge in [0.25, 0.3) is 5.56 Å². The summed E-state index contributed by atoms with van der Waals surface area (Å²) in [6, 6.07) is 10.2. The lowest BCUT2D eigenvalue weighted by Gasteiger charge is -2.35. The first kappa shape index (κ1) is 25.0. The van der Waals surface area contributed by atoms with Crippen molar-refractivity contribution in [1.82, 2.24) is 14.9 Å². The second kappa shape index (κ2) is 11.6. The van der Waals surface area contributed by atoms with E-state index in [9.17, 15) is 9.90 Å². The number of pyridine rings is 2. The molecule has 3 N–H and O–H groups in total. The normalized spacial score (nSPS) is 16.6. The Morgan fingerprint density at radius 1 is 1.14 bits per heavy atom.